The molecular formula is C16H26Cl2N2O2. The molecule has 1 saturated heterocycles. The summed E-state index contributed by atoms with van der Waals surface area (Å²) in [6.07, 6.45) is 0.827. The molecule has 0 saturated carbocycles. The second-order valence-electron chi connectivity index (χ2n) is 5.36. The zero-order chi connectivity index (χ0) is 14.5. The molecule has 0 amide bonds. The molecule has 6 heteroatoms. The monoisotopic (exact) mass is 348 g/mol. The zero-order valence-corrected chi connectivity index (χ0v) is 14.8. The van der Waals surface area contributed by atoms with Crippen LogP contribution in [-0.4, -0.2) is 43.3 Å². The van der Waals surface area contributed by atoms with E-state index in [1.807, 2.05) is 19.1 Å². The number of phenolic OH excluding ortho intramolecular Hbond substituents is 1. The lowest BCUT2D eigenvalue weighted by atomic mass is 9.96. The van der Waals surface area contributed by atoms with E-state index in [4.69, 9.17) is 4.74 Å². The fourth-order valence-corrected chi connectivity index (χ4v) is 2.78. The Morgan fingerprint density at radius 3 is 2.55 bits per heavy atom. The molecule has 0 bridgehead atoms. The van der Waals surface area contributed by atoms with Gasteiger partial charge in [-0.3, -0.25) is 4.90 Å². The van der Waals surface area contributed by atoms with Crippen LogP contribution in [0.5, 0.6) is 11.5 Å². The molecule has 2 rings (SSSR count). The Balaban J connectivity index is 0.00000220. The van der Waals surface area contributed by atoms with Crippen molar-refractivity contribution in [2.24, 2.45) is 0 Å². The van der Waals surface area contributed by atoms with E-state index in [-0.39, 0.29) is 30.9 Å². The minimum atomic E-state index is 0. The SMILES string of the molecule is C=C(C)C[C@@H](c1c(O)cccc1OC)N1CCNCC1.Cl.Cl. The molecular weight excluding hydrogens is 323 g/mol. The van der Waals surface area contributed by atoms with Crippen LogP contribution in [0.25, 0.3) is 0 Å². The number of piperazine rings is 1. The quantitative estimate of drug-likeness (QED) is 0.802. The highest BCUT2D eigenvalue weighted by atomic mass is 35.5. The van der Waals surface area contributed by atoms with E-state index in [1.54, 1.807) is 13.2 Å². The number of nitrogens with one attached hydrogen (secondary N) is 1. The number of benzene rings is 1. The summed E-state index contributed by atoms with van der Waals surface area (Å²) in [6, 6.07) is 5.56. The summed E-state index contributed by atoms with van der Waals surface area (Å²) in [4.78, 5) is 2.39. The van der Waals surface area contributed by atoms with Crippen LogP contribution in [-0.2, 0) is 0 Å². The Bertz CT molecular complexity index is 477. The van der Waals surface area contributed by atoms with Crippen molar-refractivity contribution in [1.82, 2.24) is 10.2 Å². The maximum Gasteiger partial charge on any atom is 0.127 e. The van der Waals surface area contributed by atoms with Gasteiger partial charge in [0.05, 0.1) is 12.7 Å². The molecule has 0 aliphatic carbocycles. The third kappa shape index (κ3) is 5.06. The van der Waals surface area contributed by atoms with E-state index in [0.717, 1.165) is 49.5 Å². The van der Waals surface area contributed by atoms with E-state index >= 15 is 0 Å². The number of phenols is 1. The van der Waals surface area contributed by atoms with Gasteiger partial charge < -0.3 is 15.2 Å². The molecule has 0 aromatic heterocycles. The van der Waals surface area contributed by atoms with Crippen LogP contribution in [0.2, 0.25) is 0 Å². The van der Waals surface area contributed by atoms with Crippen molar-refractivity contribution in [3.8, 4) is 11.5 Å². The first-order valence-corrected chi connectivity index (χ1v) is 7.08. The fraction of sp³-hybridized carbons (Fsp3) is 0.500. The van der Waals surface area contributed by atoms with Crippen LogP contribution in [0, 0.1) is 0 Å². The molecule has 1 aromatic carbocycles. The highest BCUT2D eigenvalue weighted by Gasteiger charge is 2.27. The summed E-state index contributed by atoms with van der Waals surface area (Å²) in [7, 11) is 1.65. The van der Waals surface area contributed by atoms with Crippen molar-refractivity contribution in [2.45, 2.75) is 19.4 Å². The average Bonchev–Trinajstić information content (AvgIpc) is 2.45. The lowest BCUT2D eigenvalue weighted by Gasteiger charge is -2.36. The highest BCUT2D eigenvalue weighted by molar-refractivity contribution is 5.85. The van der Waals surface area contributed by atoms with E-state index in [0.29, 0.717) is 5.75 Å². The molecule has 4 nitrogen and oxygen atoms in total. The molecule has 1 fully saturated rings. The Morgan fingerprint density at radius 1 is 1.36 bits per heavy atom. The number of aromatic hydroxyl groups is 1. The molecule has 22 heavy (non-hydrogen) atoms. The number of hydrogen-bond acceptors (Lipinski definition) is 4. The summed E-state index contributed by atoms with van der Waals surface area (Å²) in [6.45, 7) is 9.95. The lowest BCUT2D eigenvalue weighted by Crippen LogP contribution is -2.45. The second-order valence-corrected chi connectivity index (χ2v) is 5.36. The van der Waals surface area contributed by atoms with E-state index in [2.05, 4.69) is 16.8 Å². The van der Waals surface area contributed by atoms with Crippen molar-refractivity contribution in [3.05, 3.63) is 35.9 Å². The average molecular weight is 349 g/mol. The Hall–Kier alpha value is -0.940. The number of rotatable bonds is 5. The van der Waals surface area contributed by atoms with Crippen LogP contribution >= 0.6 is 24.8 Å². The lowest BCUT2D eigenvalue weighted by molar-refractivity contribution is 0.167. The summed E-state index contributed by atoms with van der Waals surface area (Å²) in [5.41, 5.74) is 1.98. The Morgan fingerprint density at radius 2 is 2.00 bits per heavy atom. The van der Waals surface area contributed by atoms with Gasteiger partial charge in [0, 0.05) is 32.2 Å². The second kappa shape index (κ2) is 9.95. The highest BCUT2D eigenvalue weighted by Crippen LogP contribution is 2.39. The molecule has 1 atom stereocenters. The smallest absolute Gasteiger partial charge is 0.127 e. The number of ether oxygens (including phenoxy) is 1. The van der Waals surface area contributed by atoms with Crippen molar-refractivity contribution in [2.75, 3.05) is 33.3 Å². The Labute approximate surface area is 145 Å². The molecule has 2 N–H and O–H groups in total. The maximum absolute atomic E-state index is 10.3. The predicted octanol–water partition coefficient (Wildman–Crippen LogP) is 3.16. The third-order valence-electron chi connectivity index (χ3n) is 3.73. The molecule has 1 aliphatic rings. The number of hydrogen-bond donors (Lipinski definition) is 2. The Kier molecular flexibility index (Phi) is 9.53. The van der Waals surface area contributed by atoms with E-state index < -0.39 is 0 Å². The van der Waals surface area contributed by atoms with Crippen LogP contribution < -0.4 is 10.1 Å². The first-order chi connectivity index (χ1) is 9.63. The van der Waals surface area contributed by atoms with Crippen LogP contribution in [0.4, 0.5) is 0 Å². The summed E-state index contributed by atoms with van der Waals surface area (Å²) in [5.74, 6) is 1.05. The van der Waals surface area contributed by atoms with Crippen molar-refractivity contribution >= 4 is 24.8 Å². The summed E-state index contributed by atoms with van der Waals surface area (Å²) < 4.78 is 5.45. The van der Waals surface area contributed by atoms with Gasteiger partial charge in [-0.05, 0) is 25.5 Å². The molecule has 1 heterocycles. The van der Waals surface area contributed by atoms with Gasteiger partial charge in [0.15, 0.2) is 0 Å². The fourth-order valence-electron chi connectivity index (χ4n) is 2.78. The standard InChI is InChI=1S/C16H24N2O2.2ClH/c1-12(2)11-13(18-9-7-17-8-10-18)16-14(19)5-4-6-15(16)20-3;;/h4-6,13,17,19H,1,7-11H2,2-3H3;2*1H/t13-;;/m0../s1. The van der Waals surface area contributed by atoms with Gasteiger partial charge in [-0.15, -0.1) is 31.4 Å². The first-order valence-electron chi connectivity index (χ1n) is 7.08. The predicted molar refractivity (Wildman–Crippen MR) is 95.8 cm³/mol. The summed E-state index contributed by atoms with van der Waals surface area (Å²) >= 11 is 0. The van der Waals surface area contributed by atoms with Crippen LogP contribution in [0.3, 0.4) is 0 Å². The number of nitrogens with zero attached hydrogens (tertiary/aromatic N) is 1. The van der Waals surface area contributed by atoms with Gasteiger partial charge in [-0.2, -0.15) is 0 Å². The normalized spacial score (nSPS) is 16.1. The molecule has 0 spiro atoms. The van der Waals surface area contributed by atoms with E-state index in [1.165, 1.54) is 0 Å². The minimum absolute atomic E-state index is 0. The van der Waals surface area contributed by atoms with Crippen LogP contribution in [0.1, 0.15) is 24.9 Å². The number of methoxy groups -OCH3 is 1. The van der Waals surface area contributed by atoms with Gasteiger partial charge >= 0.3 is 0 Å². The first kappa shape index (κ1) is 21.1. The topological polar surface area (TPSA) is 44.7 Å². The molecule has 0 unspecified atom stereocenters. The summed E-state index contributed by atoms with van der Waals surface area (Å²) in [5, 5.41) is 13.6. The van der Waals surface area contributed by atoms with Gasteiger partial charge in [0.2, 0.25) is 0 Å². The van der Waals surface area contributed by atoms with Crippen LogP contribution in [0.15, 0.2) is 30.4 Å². The van der Waals surface area contributed by atoms with E-state index in [9.17, 15) is 5.11 Å². The number of halogens is 2. The molecule has 1 aliphatic heterocycles. The molecule has 0 radical (unpaired) electrons. The van der Waals surface area contributed by atoms with Crippen molar-refractivity contribution in [1.29, 1.82) is 0 Å². The largest absolute Gasteiger partial charge is 0.507 e. The van der Waals surface area contributed by atoms with Gasteiger partial charge in [-0.1, -0.05) is 11.6 Å². The van der Waals surface area contributed by atoms with Crippen molar-refractivity contribution < 1.29 is 9.84 Å². The van der Waals surface area contributed by atoms with Gasteiger partial charge in [0.25, 0.3) is 0 Å². The third-order valence-corrected chi connectivity index (χ3v) is 3.73. The van der Waals surface area contributed by atoms with Gasteiger partial charge in [-0.25, -0.2) is 0 Å². The molecule has 126 valence electrons. The molecule has 1 aromatic rings. The van der Waals surface area contributed by atoms with Gasteiger partial charge in [0.1, 0.15) is 11.5 Å². The minimum Gasteiger partial charge on any atom is -0.507 e. The van der Waals surface area contributed by atoms with Crippen molar-refractivity contribution in [3.63, 3.8) is 0 Å². The maximum atomic E-state index is 10.3. The zero-order valence-electron chi connectivity index (χ0n) is 13.2.